The first-order valence-corrected chi connectivity index (χ1v) is 12.0. The van der Waals surface area contributed by atoms with E-state index in [2.05, 4.69) is 85.0 Å². The molecule has 2 nitrogen and oxygen atoms in total. The zero-order chi connectivity index (χ0) is 21.3. The molecule has 0 aliphatic heterocycles. The van der Waals surface area contributed by atoms with E-state index in [1.807, 2.05) is 46.9 Å². The molecule has 0 aliphatic carbocycles. The molecule has 0 fully saturated rings. The second kappa shape index (κ2) is 8.15. The molecule has 4 heteroatoms. The fourth-order valence-electron chi connectivity index (χ4n) is 3.72. The average molecular weight is 447 g/mol. The lowest BCUT2D eigenvalue weighted by molar-refractivity contribution is 1.37. The Labute approximate surface area is 193 Å². The maximum Gasteiger partial charge on any atom is 0.0709 e. The van der Waals surface area contributed by atoms with E-state index in [-0.39, 0.29) is 0 Å². The van der Waals surface area contributed by atoms with Gasteiger partial charge in [0.15, 0.2) is 0 Å². The Bertz CT molecular complexity index is 1490. The van der Waals surface area contributed by atoms with Crippen molar-refractivity contribution in [1.82, 2.24) is 9.97 Å². The van der Waals surface area contributed by atoms with Crippen LogP contribution in [0.2, 0.25) is 0 Å². The van der Waals surface area contributed by atoms with Crippen LogP contribution in [-0.2, 0) is 0 Å². The lowest BCUT2D eigenvalue weighted by atomic mass is 10.2. The molecule has 6 aromatic rings. The maximum atomic E-state index is 4.72. The Morgan fingerprint density at radius 1 is 0.500 bits per heavy atom. The summed E-state index contributed by atoms with van der Waals surface area (Å²) in [6.45, 7) is 0. The predicted octanol–water partition coefficient (Wildman–Crippen LogP) is 8.40. The third kappa shape index (κ3) is 3.86. The first kappa shape index (κ1) is 19.1. The van der Waals surface area contributed by atoms with Crippen LogP contribution in [0.5, 0.6) is 0 Å². The van der Waals surface area contributed by atoms with Gasteiger partial charge in [0, 0.05) is 29.9 Å². The lowest BCUT2D eigenvalue weighted by Crippen LogP contribution is -1.82. The van der Waals surface area contributed by atoms with Crippen LogP contribution in [0.25, 0.3) is 55.5 Å². The van der Waals surface area contributed by atoms with E-state index in [9.17, 15) is 0 Å². The van der Waals surface area contributed by atoms with Crippen LogP contribution in [0.4, 0.5) is 0 Å². The van der Waals surface area contributed by atoms with Crippen molar-refractivity contribution in [2.24, 2.45) is 0 Å². The number of nitrogens with zero attached hydrogens (tertiary/aromatic N) is 2. The number of hydrogen-bond donors (Lipinski definition) is 0. The van der Waals surface area contributed by atoms with Crippen LogP contribution >= 0.6 is 22.7 Å². The highest BCUT2D eigenvalue weighted by molar-refractivity contribution is 7.28. The number of aromatic nitrogens is 2. The summed E-state index contributed by atoms with van der Waals surface area (Å²) in [5, 5.41) is 2.33. The van der Waals surface area contributed by atoms with Gasteiger partial charge in [-0.3, -0.25) is 0 Å². The molecule has 0 N–H and O–H groups in total. The molecule has 0 spiro atoms. The van der Waals surface area contributed by atoms with Gasteiger partial charge in [0.05, 0.1) is 22.4 Å². The van der Waals surface area contributed by atoms with Gasteiger partial charge in [-0.1, -0.05) is 48.5 Å². The Morgan fingerprint density at radius 3 is 1.47 bits per heavy atom. The van der Waals surface area contributed by atoms with E-state index in [4.69, 9.17) is 9.97 Å². The third-order valence-electron chi connectivity index (χ3n) is 5.32. The van der Waals surface area contributed by atoms with Crippen molar-refractivity contribution in [3.63, 3.8) is 0 Å². The summed E-state index contributed by atoms with van der Waals surface area (Å²) in [7, 11) is 0. The number of para-hydroxylation sites is 2. The number of pyridine rings is 2. The van der Waals surface area contributed by atoms with Crippen molar-refractivity contribution >= 4 is 78.2 Å². The molecule has 4 aromatic heterocycles. The van der Waals surface area contributed by atoms with E-state index in [0.717, 1.165) is 22.4 Å². The molecule has 2 aromatic carbocycles. The van der Waals surface area contributed by atoms with E-state index >= 15 is 0 Å². The minimum absolute atomic E-state index is 0.979. The Balaban J connectivity index is 1.21. The zero-order valence-electron chi connectivity index (χ0n) is 17.1. The second-order valence-corrected chi connectivity index (χ2v) is 9.78. The van der Waals surface area contributed by atoms with Crippen LogP contribution in [0, 0.1) is 0 Å². The molecule has 152 valence electrons. The number of hydrogen-bond acceptors (Lipinski definition) is 4. The molecule has 0 saturated heterocycles. The van der Waals surface area contributed by atoms with Crippen LogP contribution in [0.1, 0.15) is 21.1 Å². The number of fused-ring (bicyclic) bond motifs is 3. The minimum Gasteiger partial charge on any atom is -0.248 e. The average Bonchev–Trinajstić information content (AvgIpc) is 3.39. The molecule has 0 atom stereocenters. The van der Waals surface area contributed by atoms with Crippen LogP contribution in [0.3, 0.4) is 0 Å². The fourth-order valence-corrected chi connectivity index (χ4v) is 5.95. The van der Waals surface area contributed by atoms with Gasteiger partial charge in [0.25, 0.3) is 0 Å². The standard InChI is InChI=1S/C28H18N2S2/c1-3-7-25-19(5-1)9-11-21(29-25)13-15-23-17-27-28(31-23)18-24(32-27)16-14-22-12-10-20-6-2-4-8-26(20)30-22/h1-18H. The van der Waals surface area contributed by atoms with Crippen LogP contribution < -0.4 is 0 Å². The van der Waals surface area contributed by atoms with Crippen molar-refractivity contribution < 1.29 is 0 Å². The predicted molar refractivity (Wildman–Crippen MR) is 141 cm³/mol. The quantitative estimate of drug-likeness (QED) is 0.272. The first-order chi connectivity index (χ1) is 15.8. The summed E-state index contributed by atoms with van der Waals surface area (Å²) in [5.74, 6) is 0. The Hall–Kier alpha value is -3.60. The number of rotatable bonds is 4. The highest BCUT2D eigenvalue weighted by Gasteiger charge is 2.05. The molecule has 6 rings (SSSR count). The summed E-state index contributed by atoms with van der Waals surface area (Å²) >= 11 is 3.62. The van der Waals surface area contributed by atoms with Crippen molar-refractivity contribution in [3.8, 4) is 0 Å². The van der Waals surface area contributed by atoms with Gasteiger partial charge < -0.3 is 0 Å². The largest absolute Gasteiger partial charge is 0.248 e. The maximum absolute atomic E-state index is 4.72. The summed E-state index contributed by atoms with van der Waals surface area (Å²) < 4.78 is 2.62. The van der Waals surface area contributed by atoms with Crippen molar-refractivity contribution in [2.75, 3.05) is 0 Å². The summed E-state index contributed by atoms with van der Waals surface area (Å²) in [5.41, 5.74) is 4.01. The van der Waals surface area contributed by atoms with Crippen LogP contribution in [-0.4, -0.2) is 9.97 Å². The molecule has 0 unspecified atom stereocenters. The molecule has 0 amide bonds. The summed E-state index contributed by atoms with van der Waals surface area (Å²) in [6.07, 6.45) is 8.49. The second-order valence-electron chi connectivity index (χ2n) is 7.55. The summed E-state index contributed by atoms with van der Waals surface area (Å²) in [6, 6.07) is 29.3. The zero-order valence-corrected chi connectivity index (χ0v) is 18.7. The van der Waals surface area contributed by atoms with E-state index < -0.39 is 0 Å². The van der Waals surface area contributed by atoms with E-state index in [1.165, 1.54) is 29.9 Å². The number of thiophene rings is 2. The third-order valence-corrected chi connectivity index (χ3v) is 7.55. The van der Waals surface area contributed by atoms with Crippen molar-refractivity contribution in [3.05, 3.63) is 106 Å². The molecular weight excluding hydrogens is 428 g/mol. The van der Waals surface area contributed by atoms with E-state index in [0.29, 0.717) is 0 Å². The normalized spacial score (nSPS) is 12.1. The van der Waals surface area contributed by atoms with Gasteiger partial charge in [-0.15, -0.1) is 22.7 Å². The first-order valence-electron chi connectivity index (χ1n) is 10.4. The lowest BCUT2D eigenvalue weighted by Gasteiger charge is -1.98. The molecule has 32 heavy (non-hydrogen) atoms. The summed E-state index contributed by atoms with van der Waals surface area (Å²) in [4.78, 5) is 11.9. The Morgan fingerprint density at radius 2 is 0.969 bits per heavy atom. The number of benzene rings is 2. The topological polar surface area (TPSA) is 25.8 Å². The molecule has 4 heterocycles. The Kier molecular flexibility index (Phi) is 4.87. The van der Waals surface area contributed by atoms with Gasteiger partial charge in [0.2, 0.25) is 0 Å². The van der Waals surface area contributed by atoms with Gasteiger partial charge in [-0.2, -0.15) is 0 Å². The van der Waals surface area contributed by atoms with Crippen LogP contribution in [0.15, 0.2) is 84.9 Å². The molecular formula is C28H18N2S2. The van der Waals surface area contributed by atoms with Gasteiger partial charge in [0.1, 0.15) is 0 Å². The van der Waals surface area contributed by atoms with Gasteiger partial charge in [-0.25, -0.2) is 9.97 Å². The molecule has 0 radical (unpaired) electrons. The van der Waals surface area contributed by atoms with Crippen molar-refractivity contribution in [2.45, 2.75) is 0 Å². The molecule has 0 aliphatic rings. The highest BCUT2D eigenvalue weighted by atomic mass is 32.1. The minimum atomic E-state index is 0.979. The van der Waals surface area contributed by atoms with Gasteiger partial charge >= 0.3 is 0 Å². The fraction of sp³-hybridized carbons (Fsp3) is 0. The van der Waals surface area contributed by atoms with E-state index in [1.54, 1.807) is 0 Å². The van der Waals surface area contributed by atoms with Gasteiger partial charge in [-0.05, 0) is 60.7 Å². The SMILES string of the molecule is C(=Cc1cc2sc(C=Cc3ccc4ccccc4n3)cc2s1)c1ccc2ccccc2n1. The molecule has 0 saturated carbocycles. The monoisotopic (exact) mass is 446 g/mol. The smallest absolute Gasteiger partial charge is 0.0709 e. The highest BCUT2D eigenvalue weighted by Crippen LogP contribution is 2.35. The van der Waals surface area contributed by atoms with Crippen molar-refractivity contribution in [1.29, 1.82) is 0 Å². The molecule has 0 bridgehead atoms.